The second-order valence-corrected chi connectivity index (χ2v) is 6.96. The average Bonchev–Trinajstić information content (AvgIpc) is 3.03. The molecule has 0 aliphatic heterocycles. The maximum Gasteiger partial charge on any atom is 0.123 e. The van der Waals surface area contributed by atoms with Crippen molar-refractivity contribution < 1.29 is 9.13 Å². The zero-order chi connectivity index (χ0) is 20.7. The van der Waals surface area contributed by atoms with E-state index < -0.39 is 0 Å². The summed E-state index contributed by atoms with van der Waals surface area (Å²) in [4.78, 5) is 0. The zero-order valence-corrected chi connectivity index (χ0v) is 17.4. The number of aromatic nitrogens is 2. The maximum atomic E-state index is 13.2. The number of aryl methyl sites for hydroxylation is 1. The number of H-pyrrole nitrogens is 1. The normalized spacial score (nSPS) is 10.7. The Bertz CT molecular complexity index is 979. The van der Waals surface area contributed by atoms with Crippen LogP contribution in [0.15, 0.2) is 36.4 Å². The number of rotatable bonds is 4. The van der Waals surface area contributed by atoms with Gasteiger partial charge in [0.15, 0.2) is 0 Å². The molecular weight excluding hydrogens is 353 g/mol. The van der Waals surface area contributed by atoms with Gasteiger partial charge in [-0.3, -0.25) is 5.10 Å². The summed E-state index contributed by atoms with van der Waals surface area (Å²) in [5.41, 5.74) is 4.07. The van der Waals surface area contributed by atoms with Crippen molar-refractivity contribution in [3.05, 3.63) is 53.5 Å². The largest absolute Gasteiger partial charge is 0.383 e. The highest BCUT2D eigenvalue weighted by Gasteiger charge is 2.14. The number of anilines is 2. The number of fused-ring (bicyclic) bond motifs is 1. The van der Waals surface area contributed by atoms with Gasteiger partial charge >= 0.3 is 0 Å². The van der Waals surface area contributed by atoms with Gasteiger partial charge in [-0.05, 0) is 57.2 Å². The smallest absolute Gasteiger partial charge is 0.123 e. The number of aromatic amines is 1. The van der Waals surface area contributed by atoms with Crippen LogP contribution in [0.5, 0.6) is 0 Å². The van der Waals surface area contributed by atoms with Crippen LogP contribution in [0.1, 0.15) is 39.0 Å². The summed E-state index contributed by atoms with van der Waals surface area (Å²) in [6, 6.07) is 10.2. The van der Waals surface area contributed by atoms with Gasteiger partial charge in [0.05, 0.1) is 23.4 Å². The van der Waals surface area contributed by atoms with E-state index >= 15 is 0 Å². The summed E-state index contributed by atoms with van der Waals surface area (Å²) in [5.74, 6) is 6.26. The fourth-order valence-corrected chi connectivity index (χ4v) is 2.71. The zero-order valence-electron chi connectivity index (χ0n) is 17.4. The molecule has 1 heterocycles. The van der Waals surface area contributed by atoms with Gasteiger partial charge in [-0.25, -0.2) is 4.39 Å². The van der Waals surface area contributed by atoms with E-state index in [1.165, 1.54) is 12.1 Å². The summed E-state index contributed by atoms with van der Waals surface area (Å²) in [6.07, 6.45) is 0. The van der Waals surface area contributed by atoms with Crippen LogP contribution in [0.25, 0.3) is 10.9 Å². The Kier molecular flexibility index (Phi) is 7.19. The summed E-state index contributed by atoms with van der Waals surface area (Å²) in [5, 5.41) is 11.7. The van der Waals surface area contributed by atoms with Crippen molar-refractivity contribution in [1.82, 2.24) is 10.2 Å². The van der Waals surface area contributed by atoms with Crippen LogP contribution in [0, 0.1) is 30.0 Å². The van der Waals surface area contributed by atoms with Crippen molar-refractivity contribution in [3.8, 4) is 11.8 Å². The standard InChI is InChI=1S/C21H22FN3O.C2H6/c1-14-18-12-19(23-17-7-5-16(22)6-8-17)15(11-20(18)25-24-14)9-10-21(2,3)13-26-4;1-2/h5-8,11-12,23H,13H2,1-4H3,(H,24,25);1-2H3. The quantitative estimate of drug-likeness (QED) is 0.561. The SMILES string of the molecule is CC.COCC(C)(C)C#Cc1cc2n[nH]c(C)c2cc1Nc1ccc(F)cc1. The molecule has 1 aromatic heterocycles. The lowest BCUT2D eigenvalue weighted by Gasteiger charge is -2.15. The van der Waals surface area contributed by atoms with E-state index in [4.69, 9.17) is 4.74 Å². The van der Waals surface area contributed by atoms with E-state index in [0.29, 0.717) is 6.61 Å². The number of methoxy groups -OCH3 is 1. The molecule has 0 fully saturated rings. The van der Waals surface area contributed by atoms with Crippen LogP contribution in [0.4, 0.5) is 15.8 Å². The topological polar surface area (TPSA) is 49.9 Å². The van der Waals surface area contributed by atoms with Crippen molar-refractivity contribution in [3.63, 3.8) is 0 Å². The molecule has 0 atom stereocenters. The first-order chi connectivity index (χ1) is 13.4. The molecule has 0 amide bonds. The molecule has 3 aromatic rings. The minimum atomic E-state index is -0.266. The van der Waals surface area contributed by atoms with Crippen molar-refractivity contribution in [2.75, 3.05) is 19.0 Å². The highest BCUT2D eigenvalue weighted by molar-refractivity contribution is 5.88. The number of halogens is 1. The third-order valence-corrected chi connectivity index (χ3v) is 4.05. The van der Waals surface area contributed by atoms with Gasteiger partial charge in [-0.2, -0.15) is 5.10 Å². The van der Waals surface area contributed by atoms with E-state index in [0.717, 1.165) is 33.5 Å². The van der Waals surface area contributed by atoms with E-state index in [-0.39, 0.29) is 11.2 Å². The van der Waals surface area contributed by atoms with Gasteiger partial charge < -0.3 is 10.1 Å². The molecule has 0 aliphatic carbocycles. The molecule has 3 rings (SSSR count). The fraction of sp³-hybridized carbons (Fsp3) is 0.348. The van der Waals surface area contributed by atoms with Crippen LogP contribution < -0.4 is 5.32 Å². The summed E-state index contributed by atoms with van der Waals surface area (Å²) < 4.78 is 18.4. The van der Waals surface area contributed by atoms with E-state index in [1.54, 1.807) is 19.2 Å². The third-order valence-electron chi connectivity index (χ3n) is 4.05. The van der Waals surface area contributed by atoms with Crippen molar-refractivity contribution >= 4 is 22.3 Å². The molecule has 2 N–H and O–H groups in total. The van der Waals surface area contributed by atoms with Crippen molar-refractivity contribution in [2.45, 2.75) is 34.6 Å². The van der Waals surface area contributed by atoms with Crippen molar-refractivity contribution in [1.29, 1.82) is 0 Å². The van der Waals surface area contributed by atoms with Gasteiger partial charge in [0.2, 0.25) is 0 Å². The monoisotopic (exact) mass is 381 g/mol. The molecule has 0 saturated carbocycles. The van der Waals surface area contributed by atoms with Crippen LogP contribution in [0.2, 0.25) is 0 Å². The predicted octanol–water partition coefficient (Wildman–Crippen LogP) is 5.80. The maximum absolute atomic E-state index is 13.2. The van der Waals surface area contributed by atoms with Gasteiger partial charge in [0.1, 0.15) is 5.82 Å². The van der Waals surface area contributed by atoms with Gasteiger partial charge in [-0.1, -0.05) is 25.7 Å². The predicted molar refractivity (Wildman–Crippen MR) is 114 cm³/mol. The number of benzene rings is 2. The fourth-order valence-electron chi connectivity index (χ4n) is 2.71. The van der Waals surface area contributed by atoms with Gasteiger partial charge in [0, 0.05) is 29.3 Å². The molecule has 148 valence electrons. The lowest BCUT2D eigenvalue weighted by Crippen LogP contribution is -2.15. The number of nitrogens with zero attached hydrogens (tertiary/aromatic N) is 1. The Balaban J connectivity index is 0.00000136. The second-order valence-electron chi connectivity index (χ2n) is 6.96. The molecular formula is C23H28FN3O. The summed E-state index contributed by atoms with van der Waals surface area (Å²) in [7, 11) is 1.67. The summed E-state index contributed by atoms with van der Waals surface area (Å²) >= 11 is 0. The molecule has 28 heavy (non-hydrogen) atoms. The first-order valence-corrected chi connectivity index (χ1v) is 9.41. The van der Waals surface area contributed by atoms with Gasteiger partial charge in [-0.15, -0.1) is 0 Å². The molecule has 5 heteroatoms. The number of hydrogen-bond acceptors (Lipinski definition) is 3. The molecule has 0 saturated heterocycles. The van der Waals surface area contributed by atoms with Crippen LogP contribution in [-0.4, -0.2) is 23.9 Å². The minimum absolute atomic E-state index is 0.266. The Morgan fingerprint density at radius 3 is 2.50 bits per heavy atom. The lowest BCUT2D eigenvalue weighted by atomic mass is 9.95. The molecule has 0 aliphatic rings. The van der Waals surface area contributed by atoms with Gasteiger partial charge in [0.25, 0.3) is 0 Å². The molecule has 0 spiro atoms. The van der Waals surface area contributed by atoms with Crippen LogP contribution in [-0.2, 0) is 4.74 Å². The Labute approximate surface area is 166 Å². The van der Waals surface area contributed by atoms with Crippen LogP contribution in [0.3, 0.4) is 0 Å². The van der Waals surface area contributed by atoms with Crippen LogP contribution >= 0.6 is 0 Å². The Morgan fingerprint density at radius 2 is 1.86 bits per heavy atom. The molecule has 0 radical (unpaired) electrons. The highest BCUT2D eigenvalue weighted by Crippen LogP contribution is 2.28. The second kappa shape index (κ2) is 9.38. The highest BCUT2D eigenvalue weighted by atomic mass is 19.1. The first kappa shape index (κ1) is 21.5. The third kappa shape index (κ3) is 5.34. The number of hydrogen-bond donors (Lipinski definition) is 2. The average molecular weight is 381 g/mol. The Hall–Kier alpha value is -2.84. The van der Waals surface area contributed by atoms with E-state index in [1.807, 2.05) is 46.8 Å². The summed E-state index contributed by atoms with van der Waals surface area (Å²) in [6.45, 7) is 10.6. The molecule has 2 aromatic carbocycles. The first-order valence-electron chi connectivity index (χ1n) is 9.41. The number of ether oxygens (including phenoxy) is 1. The molecule has 0 unspecified atom stereocenters. The lowest BCUT2D eigenvalue weighted by molar-refractivity contribution is 0.137. The van der Waals surface area contributed by atoms with Crippen molar-refractivity contribution in [2.24, 2.45) is 5.41 Å². The number of nitrogens with one attached hydrogen (secondary N) is 2. The minimum Gasteiger partial charge on any atom is -0.383 e. The van der Waals surface area contributed by atoms with E-state index in [9.17, 15) is 4.39 Å². The molecule has 0 bridgehead atoms. The Morgan fingerprint density at radius 1 is 1.18 bits per heavy atom. The molecule has 4 nitrogen and oxygen atoms in total. The van der Waals surface area contributed by atoms with E-state index in [2.05, 4.69) is 27.4 Å².